The van der Waals surface area contributed by atoms with Gasteiger partial charge in [0.15, 0.2) is 0 Å². The number of rotatable bonds is 2. The molecule has 7 heteroatoms. The van der Waals surface area contributed by atoms with E-state index >= 15 is 0 Å². The Hall–Kier alpha value is -1.56. The fraction of sp³-hybridized carbons (Fsp3) is 0.688. The summed E-state index contributed by atoms with van der Waals surface area (Å²) in [5.74, 6) is 1.11. The second-order valence-electron chi connectivity index (χ2n) is 7.03. The van der Waals surface area contributed by atoms with Gasteiger partial charge in [-0.2, -0.15) is 0 Å². The zero-order chi connectivity index (χ0) is 17.2. The molecule has 0 N–H and O–H groups in total. The molecule has 2 rings (SSSR count). The number of carbonyl (C=O) groups excluding carboxylic acids is 1. The zero-order valence-corrected chi connectivity index (χ0v) is 15.2. The number of halogens is 1. The lowest BCUT2D eigenvalue weighted by atomic mass is 10.1. The Labute approximate surface area is 142 Å². The lowest BCUT2D eigenvalue weighted by molar-refractivity contribution is 0.0240. The van der Waals surface area contributed by atoms with Gasteiger partial charge in [0.2, 0.25) is 5.28 Å². The quantitative estimate of drug-likeness (QED) is 0.773. The summed E-state index contributed by atoms with van der Waals surface area (Å²) in [6.07, 6.45) is -0.263. The molecule has 1 aromatic rings. The maximum absolute atomic E-state index is 12.1. The van der Waals surface area contributed by atoms with Crippen LogP contribution < -0.4 is 4.90 Å². The Kier molecular flexibility index (Phi) is 5.34. The first-order chi connectivity index (χ1) is 10.7. The topological polar surface area (TPSA) is 58.6 Å². The molecule has 0 bridgehead atoms. The third kappa shape index (κ3) is 4.96. The van der Waals surface area contributed by atoms with E-state index in [9.17, 15) is 4.79 Å². The maximum atomic E-state index is 12.1. The number of piperazine rings is 1. The van der Waals surface area contributed by atoms with Gasteiger partial charge in [-0.3, -0.25) is 0 Å². The highest BCUT2D eigenvalue weighted by Gasteiger charge is 2.26. The highest BCUT2D eigenvalue weighted by Crippen LogP contribution is 2.22. The average molecular weight is 341 g/mol. The van der Waals surface area contributed by atoms with Gasteiger partial charge in [-0.15, -0.1) is 0 Å². The molecule has 23 heavy (non-hydrogen) atoms. The number of hydrogen-bond donors (Lipinski definition) is 0. The summed E-state index contributed by atoms with van der Waals surface area (Å²) in [5, 5.41) is 0.265. The van der Waals surface area contributed by atoms with Crippen molar-refractivity contribution in [3.05, 3.63) is 17.0 Å². The molecule has 2 heterocycles. The third-order valence-electron chi connectivity index (χ3n) is 3.55. The summed E-state index contributed by atoms with van der Waals surface area (Å²) in [6.45, 7) is 12.4. The fourth-order valence-corrected chi connectivity index (χ4v) is 2.51. The van der Waals surface area contributed by atoms with Crippen molar-refractivity contribution in [3.63, 3.8) is 0 Å². The molecular formula is C16H25ClN4O2. The molecule has 1 aliphatic rings. The summed E-state index contributed by atoms with van der Waals surface area (Å²) >= 11 is 6.03. The second-order valence-corrected chi connectivity index (χ2v) is 7.37. The Balaban J connectivity index is 2.01. The predicted octanol–water partition coefficient (Wildman–Crippen LogP) is 3.31. The van der Waals surface area contributed by atoms with Gasteiger partial charge in [-0.1, -0.05) is 13.8 Å². The first-order valence-corrected chi connectivity index (χ1v) is 8.31. The lowest BCUT2D eigenvalue weighted by Crippen LogP contribution is -2.50. The summed E-state index contributed by atoms with van der Waals surface area (Å²) in [6, 6.07) is 1.97. The van der Waals surface area contributed by atoms with E-state index in [2.05, 4.69) is 28.7 Å². The minimum Gasteiger partial charge on any atom is -0.444 e. The zero-order valence-electron chi connectivity index (χ0n) is 14.5. The van der Waals surface area contributed by atoms with Gasteiger partial charge >= 0.3 is 6.09 Å². The molecule has 0 aliphatic carbocycles. The fourth-order valence-electron chi connectivity index (χ4n) is 2.33. The van der Waals surface area contributed by atoms with Crippen molar-refractivity contribution in [2.24, 2.45) is 0 Å². The molecule has 1 saturated heterocycles. The van der Waals surface area contributed by atoms with Gasteiger partial charge in [0, 0.05) is 32.2 Å². The Morgan fingerprint density at radius 1 is 1.22 bits per heavy atom. The molecule has 0 unspecified atom stereocenters. The maximum Gasteiger partial charge on any atom is 0.410 e. The Bertz CT molecular complexity index is 564. The molecule has 0 radical (unpaired) electrons. The Morgan fingerprint density at radius 2 is 1.83 bits per heavy atom. The van der Waals surface area contributed by atoms with Crippen molar-refractivity contribution in [1.29, 1.82) is 0 Å². The van der Waals surface area contributed by atoms with Crippen molar-refractivity contribution in [2.75, 3.05) is 31.1 Å². The number of anilines is 1. The van der Waals surface area contributed by atoms with Crippen LogP contribution in [0.5, 0.6) is 0 Å². The molecule has 6 nitrogen and oxygen atoms in total. The van der Waals surface area contributed by atoms with Gasteiger partial charge in [0.1, 0.15) is 11.4 Å². The number of nitrogens with zero attached hydrogens (tertiary/aromatic N) is 4. The lowest BCUT2D eigenvalue weighted by Gasteiger charge is -2.36. The van der Waals surface area contributed by atoms with E-state index in [0.717, 1.165) is 11.5 Å². The van der Waals surface area contributed by atoms with E-state index < -0.39 is 5.60 Å². The minimum atomic E-state index is -0.472. The van der Waals surface area contributed by atoms with Crippen LogP contribution in [0, 0.1) is 0 Å². The van der Waals surface area contributed by atoms with Crippen molar-refractivity contribution >= 4 is 23.5 Å². The van der Waals surface area contributed by atoms with E-state index in [4.69, 9.17) is 16.3 Å². The van der Waals surface area contributed by atoms with E-state index in [1.165, 1.54) is 0 Å². The molecule has 0 atom stereocenters. The van der Waals surface area contributed by atoms with Crippen LogP contribution in [0.4, 0.5) is 10.6 Å². The monoisotopic (exact) mass is 340 g/mol. The van der Waals surface area contributed by atoms with E-state index in [0.29, 0.717) is 26.2 Å². The Morgan fingerprint density at radius 3 is 2.35 bits per heavy atom. The molecule has 1 amide bonds. The largest absolute Gasteiger partial charge is 0.444 e. The normalized spacial score (nSPS) is 16.0. The second kappa shape index (κ2) is 6.91. The van der Waals surface area contributed by atoms with Gasteiger partial charge in [0.05, 0.1) is 5.69 Å². The van der Waals surface area contributed by atoms with E-state index in [-0.39, 0.29) is 17.3 Å². The van der Waals surface area contributed by atoms with Crippen LogP contribution in [0.2, 0.25) is 5.28 Å². The first-order valence-electron chi connectivity index (χ1n) is 7.93. The van der Waals surface area contributed by atoms with Crippen molar-refractivity contribution in [3.8, 4) is 0 Å². The molecule has 128 valence electrons. The van der Waals surface area contributed by atoms with E-state index in [1.54, 1.807) is 4.90 Å². The standard InChI is InChI=1S/C16H25ClN4O2/c1-11(2)12-10-13(19-14(17)18-12)20-6-8-21(9-7-20)15(22)23-16(3,4)5/h10-11H,6-9H2,1-5H3. The van der Waals surface area contributed by atoms with Crippen molar-refractivity contribution in [2.45, 2.75) is 46.1 Å². The minimum absolute atomic E-state index is 0.263. The molecule has 1 aromatic heterocycles. The van der Waals surface area contributed by atoms with Crippen LogP contribution >= 0.6 is 11.6 Å². The van der Waals surface area contributed by atoms with Crippen LogP contribution in [-0.4, -0.2) is 52.7 Å². The first kappa shape index (κ1) is 17.8. The number of aromatic nitrogens is 2. The molecule has 0 saturated carbocycles. The molecule has 1 aliphatic heterocycles. The molecular weight excluding hydrogens is 316 g/mol. The average Bonchev–Trinajstić information content (AvgIpc) is 2.45. The summed E-state index contributed by atoms with van der Waals surface area (Å²) < 4.78 is 5.41. The van der Waals surface area contributed by atoms with Crippen molar-refractivity contribution in [1.82, 2.24) is 14.9 Å². The van der Waals surface area contributed by atoms with Gasteiger partial charge in [0.25, 0.3) is 0 Å². The van der Waals surface area contributed by atoms with Gasteiger partial charge in [-0.05, 0) is 38.3 Å². The predicted molar refractivity (Wildman–Crippen MR) is 91.2 cm³/mol. The number of hydrogen-bond acceptors (Lipinski definition) is 5. The van der Waals surface area contributed by atoms with Gasteiger partial charge in [-0.25, -0.2) is 14.8 Å². The number of amides is 1. The van der Waals surface area contributed by atoms with Crippen LogP contribution in [0.3, 0.4) is 0 Å². The van der Waals surface area contributed by atoms with Crippen LogP contribution in [0.1, 0.15) is 46.2 Å². The van der Waals surface area contributed by atoms with E-state index in [1.807, 2.05) is 26.8 Å². The van der Waals surface area contributed by atoms with Crippen LogP contribution in [-0.2, 0) is 4.74 Å². The van der Waals surface area contributed by atoms with Crippen molar-refractivity contribution < 1.29 is 9.53 Å². The molecule has 0 aromatic carbocycles. The van der Waals surface area contributed by atoms with Crippen LogP contribution in [0.25, 0.3) is 0 Å². The molecule has 0 spiro atoms. The third-order valence-corrected chi connectivity index (χ3v) is 3.72. The SMILES string of the molecule is CC(C)c1cc(N2CCN(C(=O)OC(C)(C)C)CC2)nc(Cl)n1. The number of ether oxygens (including phenoxy) is 1. The highest BCUT2D eigenvalue weighted by molar-refractivity contribution is 6.28. The summed E-state index contributed by atoms with van der Waals surface area (Å²) in [5.41, 5.74) is 0.454. The summed E-state index contributed by atoms with van der Waals surface area (Å²) in [4.78, 5) is 24.5. The smallest absolute Gasteiger partial charge is 0.410 e. The summed E-state index contributed by atoms with van der Waals surface area (Å²) in [7, 11) is 0. The highest BCUT2D eigenvalue weighted by atomic mass is 35.5. The number of carbonyl (C=O) groups is 1. The van der Waals surface area contributed by atoms with Gasteiger partial charge < -0.3 is 14.5 Å². The van der Waals surface area contributed by atoms with Crippen LogP contribution in [0.15, 0.2) is 6.07 Å². The molecule has 1 fully saturated rings.